The summed E-state index contributed by atoms with van der Waals surface area (Å²) >= 11 is 5.84. The van der Waals surface area contributed by atoms with Gasteiger partial charge in [0.05, 0.1) is 0 Å². The molecule has 0 radical (unpaired) electrons. The quantitative estimate of drug-likeness (QED) is 0.630. The summed E-state index contributed by atoms with van der Waals surface area (Å²) in [4.78, 5) is 11.9. The molecule has 0 amide bonds. The summed E-state index contributed by atoms with van der Waals surface area (Å²) in [6.45, 7) is 0.310. The van der Waals surface area contributed by atoms with Gasteiger partial charge in [0.1, 0.15) is 5.02 Å². The van der Waals surface area contributed by atoms with Crippen molar-refractivity contribution in [2.75, 3.05) is 0 Å². The summed E-state index contributed by atoms with van der Waals surface area (Å²) in [5.41, 5.74) is 0.718. The number of hydrogen-bond acceptors (Lipinski definition) is 1. The Labute approximate surface area is 116 Å². The van der Waals surface area contributed by atoms with Crippen LogP contribution in [0.3, 0.4) is 0 Å². The summed E-state index contributed by atoms with van der Waals surface area (Å²) < 4.78 is 1.78. The molecule has 4 heteroatoms. The fourth-order valence-corrected chi connectivity index (χ4v) is 1.67. The zero-order chi connectivity index (χ0) is 11.4. The molecule has 1 heterocycles. The fraction of sp³-hybridized carbons (Fsp3) is 0.0769. The van der Waals surface area contributed by atoms with E-state index in [1.165, 1.54) is 0 Å². The van der Waals surface area contributed by atoms with Gasteiger partial charge in [0.2, 0.25) is 12.3 Å². The van der Waals surface area contributed by atoms with E-state index < -0.39 is 0 Å². The molecule has 0 saturated heterocycles. The number of hydrogen-bond donors (Lipinski definition) is 0. The van der Waals surface area contributed by atoms with Gasteiger partial charge >= 0.3 is 0 Å². The lowest BCUT2D eigenvalue weighted by Crippen LogP contribution is -2.37. The number of carbonyl (C=O) groups is 1. The van der Waals surface area contributed by atoms with Crippen LogP contribution in [-0.2, 0) is 6.54 Å². The lowest BCUT2D eigenvalue weighted by molar-refractivity contribution is -0.683. The second-order valence-electron chi connectivity index (χ2n) is 3.48. The second-order valence-corrected chi connectivity index (χ2v) is 3.92. The van der Waals surface area contributed by atoms with Crippen molar-refractivity contribution in [1.29, 1.82) is 0 Å². The van der Waals surface area contributed by atoms with Gasteiger partial charge < -0.3 is 0 Å². The molecule has 0 bridgehead atoms. The van der Waals surface area contributed by atoms with E-state index >= 15 is 0 Å². The molecule has 0 aliphatic heterocycles. The largest absolute Gasteiger partial charge is 0.287 e. The number of ketones is 1. The van der Waals surface area contributed by atoms with E-state index in [1.807, 2.05) is 42.6 Å². The molecule has 17 heavy (non-hydrogen) atoms. The maximum Gasteiger partial charge on any atom is 0.227 e. The minimum atomic E-state index is 0. The van der Waals surface area contributed by atoms with Gasteiger partial charge in [-0.05, 0) is 6.07 Å². The van der Waals surface area contributed by atoms with Gasteiger partial charge in [0.15, 0.2) is 12.4 Å². The highest BCUT2D eigenvalue weighted by atomic mass is 79.9. The summed E-state index contributed by atoms with van der Waals surface area (Å²) in [7, 11) is 0. The Balaban J connectivity index is 0.00000144. The first-order valence-electron chi connectivity index (χ1n) is 4.98. The Hall–Kier alpha value is -1.19. The van der Waals surface area contributed by atoms with Crippen molar-refractivity contribution in [2.45, 2.75) is 6.54 Å². The summed E-state index contributed by atoms with van der Waals surface area (Å²) in [5, 5.41) is 0.628. The number of benzene rings is 1. The molecule has 0 N–H and O–H groups in total. The third-order valence-corrected chi connectivity index (χ3v) is 2.47. The van der Waals surface area contributed by atoms with Crippen LogP contribution in [0.5, 0.6) is 0 Å². The molecule has 0 spiro atoms. The highest BCUT2D eigenvalue weighted by Crippen LogP contribution is 2.03. The summed E-state index contributed by atoms with van der Waals surface area (Å²) in [6.07, 6.45) is 3.56. The highest BCUT2D eigenvalue weighted by molar-refractivity contribution is 8.93. The van der Waals surface area contributed by atoms with Crippen LogP contribution in [0.1, 0.15) is 10.4 Å². The molecule has 0 saturated carbocycles. The Kier molecular flexibility index (Phi) is 5.32. The second kappa shape index (κ2) is 6.52. The number of pyridine rings is 1. The van der Waals surface area contributed by atoms with Crippen LogP contribution in [0.4, 0.5) is 0 Å². The van der Waals surface area contributed by atoms with Gasteiger partial charge in [0.25, 0.3) is 0 Å². The van der Waals surface area contributed by atoms with Gasteiger partial charge in [-0.15, -0.1) is 17.0 Å². The lowest BCUT2D eigenvalue weighted by Gasteiger charge is -1.97. The first-order chi connectivity index (χ1) is 7.75. The predicted octanol–water partition coefficient (Wildman–Crippen LogP) is 3.09. The number of rotatable bonds is 3. The number of Topliss-reactive ketones (excluding diaryl/α,β-unsaturated/α-hetero) is 1. The van der Waals surface area contributed by atoms with Crippen LogP contribution in [0.15, 0.2) is 54.9 Å². The molecular weight excluding hydrogens is 302 g/mol. The fourth-order valence-electron chi connectivity index (χ4n) is 1.47. The maximum atomic E-state index is 11.9. The van der Waals surface area contributed by atoms with E-state index in [-0.39, 0.29) is 22.8 Å². The molecule has 2 rings (SSSR count). The molecule has 88 valence electrons. The zero-order valence-electron chi connectivity index (χ0n) is 9.04. The molecule has 2 aromatic rings. The zero-order valence-corrected chi connectivity index (χ0v) is 11.5. The van der Waals surface area contributed by atoms with Crippen LogP contribution < -0.4 is 4.57 Å². The van der Waals surface area contributed by atoms with Crippen LogP contribution in [-0.4, -0.2) is 5.78 Å². The first-order valence-corrected chi connectivity index (χ1v) is 5.36. The van der Waals surface area contributed by atoms with Gasteiger partial charge in [0, 0.05) is 11.6 Å². The molecule has 0 aliphatic rings. The predicted molar refractivity (Wildman–Crippen MR) is 72.7 cm³/mol. The molecule has 0 aliphatic carbocycles. The smallest absolute Gasteiger partial charge is 0.227 e. The maximum absolute atomic E-state index is 11.9. The van der Waals surface area contributed by atoms with Crippen molar-refractivity contribution in [1.82, 2.24) is 0 Å². The number of carbonyl (C=O) groups excluding carboxylic acids is 1. The third-order valence-electron chi connectivity index (χ3n) is 2.24. The van der Waals surface area contributed by atoms with E-state index in [0.29, 0.717) is 11.6 Å². The lowest BCUT2D eigenvalue weighted by atomic mass is 10.1. The van der Waals surface area contributed by atoms with E-state index in [2.05, 4.69) is 0 Å². The summed E-state index contributed by atoms with van der Waals surface area (Å²) in [6, 6.07) is 12.8. The minimum Gasteiger partial charge on any atom is -0.287 e. The third kappa shape index (κ3) is 3.95. The van der Waals surface area contributed by atoms with Crippen LogP contribution >= 0.6 is 28.6 Å². The van der Waals surface area contributed by atoms with Gasteiger partial charge in [-0.25, -0.2) is 0 Å². The van der Waals surface area contributed by atoms with Crippen molar-refractivity contribution < 1.29 is 9.36 Å². The van der Waals surface area contributed by atoms with E-state index in [1.54, 1.807) is 16.8 Å². The Morgan fingerprint density at radius 1 is 1.12 bits per heavy atom. The van der Waals surface area contributed by atoms with Crippen LogP contribution in [0, 0.1) is 0 Å². The average molecular weight is 314 g/mol. The standard InChI is InChI=1S/C13H11ClNO.BrH/c14-12-7-4-8-15(9-12)10-13(16)11-5-2-1-3-6-11;/h1-9H,10H2;1H/q+1;. The van der Waals surface area contributed by atoms with Crippen LogP contribution in [0.25, 0.3) is 0 Å². The average Bonchev–Trinajstić information content (AvgIpc) is 2.30. The summed E-state index contributed by atoms with van der Waals surface area (Å²) in [5.74, 6) is 0.0767. The molecular formula is C13H12BrClNO+. The topological polar surface area (TPSA) is 20.9 Å². The minimum absolute atomic E-state index is 0. The van der Waals surface area contributed by atoms with Crippen molar-refractivity contribution in [3.8, 4) is 0 Å². The number of nitrogens with zero attached hydrogens (tertiary/aromatic N) is 1. The molecule has 1 aromatic carbocycles. The van der Waals surface area contributed by atoms with E-state index in [4.69, 9.17) is 11.6 Å². The van der Waals surface area contributed by atoms with Gasteiger partial charge in [-0.2, -0.15) is 4.57 Å². The Bertz CT molecular complexity index is 502. The monoisotopic (exact) mass is 312 g/mol. The Morgan fingerprint density at radius 2 is 1.82 bits per heavy atom. The van der Waals surface area contributed by atoms with Crippen molar-refractivity contribution >= 4 is 34.4 Å². The number of halogens is 2. The molecule has 1 aromatic heterocycles. The molecule has 0 atom stereocenters. The normalized spacial score (nSPS) is 9.47. The van der Waals surface area contributed by atoms with Crippen molar-refractivity contribution in [3.63, 3.8) is 0 Å². The van der Waals surface area contributed by atoms with Crippen molar-refractivity contribution in [3.05, 3.63) is 65.4 Å². The van der Waals surface area contributed by atoms with Gasteiger partial charge in [-0.1, -0.05) is 41.9 Å². The van der Waals surface area contributed by atoms with Crippen LogP contribution in [0.2, 0.25) is 5.02 Å². The SMILES string of the molecule is Br.O=C(C[n+]1cccc(Cl)c1)c1ccccc1. The highest BCUT2D eigenvalue weighted by Gasteiger charge is 2.11. The molecule has 2 nitrogen and oxygen atoms in total. The molecule has 0 unspecified atom stereocenters. The first kappa shape index (κ1) is 13.9. The van der Waals surface area contributed by atoms with E-state index in [9.17, 15) is 4.79 Å². The van der Waals surface area contributed by atoms with Gasteiger partial charge in [-0.3, -0.25) is 4.79 Å². The van der Waals surface area contributed by atoms with E-state index in [0.717, 1.165) is 5.56 Å². The number of aromatic nitrogens is 1. The molecule has 0 fully saturated rings. The Morgan fingerprint density at radius 3 is 2.47 bits per heavy atom. The van der Waals surface area contributed by atoms with Crippen molar-refractivity contribution in [2.24, 2.45) is 0 Å².